The molecule has 3 aromatic heterocycles. The summed E-state index contributed by atoms with van der Waals surface area (Å²) in [5, 5.41) is 1.95. The highest BCUT2D eigenvalue weighted by atomic mass is 32.1. The molecule has 0 bridgehead atoms. The second kappa shape index (κ2) is 8.94. The lowest BCUT2D eigenvalue weighted by Crippen LogP contribution is -2.32. The van der Waals surface area contributed by atoms with Crippen LogP contribution in [-0.4, -0.2) is 31.9 Å². The van der Waals surface area contributed by atoms with Crippen LogP contribution < -0.4 is 0 Å². The number of pyridine rings is 1. The van der Waals surface area contributed by atoms with E-state index in [9.17, 15) is 4.79 Å². The van der Waals surface area contributed by atoms with Crippen molar-refractivity contribution in [1.29, 1.82) is 0 Å². The smallest absolute Gasteiger partial charge is 0.264 e. The molecule has 0 N–H and O–H groups in total. The lowest BCUT2D eigenvalue weighted by molar-refractivity contribution is 0.0739. The summed E-state index contributed by atoms with van der Waals surface area (Å²) in [6, 6.07) is 7.72. The fourth-order valence-electron chi connectivity index (χ4n) is 3.12. The van der Waals surface area contributed by atoms with E-state index in [1.807, 2.05) is 34.5 Å². The third-order valence-electron chi connectivity index (χ3n) is 4.41. The second-order valence-corrected chi connectivity index (χ2v) is 7.38. The van der Waals surface area contributed by atoms with Crippen molar-refractivity contribution in [3.8, 4) is 0 Å². The Hall–Kier alpha value is -2.21. The van der Waals surface area contributed by atoms with Gasteiger partial charge < -0.3 is 9.47 Å². The molecule has 0 saturated carbocycles. The molecule has 0 aliphatic rings. The molecule has 0 radical (unpaired) electrons. The molecule has 0 aliphatic carbocycles. The molecule has 1 amide bonds. The summed E-state index contributed by atoms with van der Waals surface area (Å²) in [4.78, 5) is 25.0. The zero-order valence-corrected chi connectivity index (χ0v) is 16.3. The van der Waals surface area contributed by atoms with Gasteiger partial charge in [-0.05, 0) is 36.4 Å². The van der Waals surface area contributed by atoms with Gasteiger partial charge in [0.25, 0.3) is 5.91 Å². The topological polar surface area (TPSA) is 51.0 Å². The lowest BCUT2D eigenvalue weighted by atomic mass is 10.2. The molecule has 0 atom stereocenters. The van der Waals surface area contributed by atoms with E-state index in [0.717, 1.165) is 60.6 Å². The van der Waals surface area contributed by atoms with Gasteiger partial charge in [-0.2, -0.15) is 0 Å². The van der Waals surface area contributed by atoms with Gasteiger partial charge >= 0.3 is 0 Å². The number of imidazole rings is 1. The summed E-state index contributed by atoms with van der Waals surface area (Å²) >= 11 is 1.50. The van der Waals surface area contributed by atoms with Crippen molar-refractivity contribution in [2.45, 2.75) is 52.6 Å². The van der Waals surface area contributed by atoms with E-state index in [1.54, 1.807) is 6.20 Å². The minimum Gasteiger partial charge on any atom is -0.330 e. The van der Waals surface area contributed by atoms with Crippen LogP contribution in [0.15, 0.2) is 35.8 Å². The Labute approximate surface area is 158 Å². The molecular weight excluding hydrogens is 344 g/mol. The summed E-state index contributed by atoms with van der Waals surface area (Å²) in [6.07, 6.45) is 6.08. The number of aryl methyl sites for hydroxylation is 1. The van der Waals surface area contributed by atoms with E-state index in [4.69, 9.17) is 4.98 Å². The molecule has 0 unspecified atom stereocenters. The van der Waals surface area contributed by atoms with E-state index >= 15 is 0 Å². The highest BCUT2D eigenvalue weighted by Gasteiger charge is 2.20. The molecule has 3 rings (SSSR count). The molecule has 0 aliphatic heterocycles. The van der Waals surface area contributed by atoms with Crippen LogP contribution in [0.4, 0.5) is 0 Å². The molecule has 3 heterocycles. The van der Waals surface area contributed by atoms with Crippen molar-refractivity contribution in [3.05, 3.63) is 46.5 Å². The van der Waals surface area contributed by atoms with E-state index in [1.165, 1.54) is 11.3 Å². The predicted molar refractivity (Wildman–Crippen MR) is 106 cm³/mol. The zero-order chi connectivity index (χ0) is 18.4. The summed E-state index contributed by atoms with van der Waals surface area (Å²) in [5.74, 6) is 1.01. The number of thiophene rings is 1. The van der Waals surface area contributed by atoms with Crippen LogP contribution in [0.3, 0.4) is 0 Å². The average Bonchev–Trinajstić information content (AvgIpc) is 3.30. The number of fused-ring (bicyclic) bond motifs is 1. The van der Waals surface area contributed by atoms with Crippen LogP contribution >= 0.6 is 11.3 Å². The van der Waals surface area contributed by atoms with Gasteiger partial charge in [-0.15, -0.1) is 11.3 Å². The van der Waals surface area contributed by atoms with Crippen LogP contribution in [0.5, 0.6) is 0 Å². The van der Waals surface area contributed by atoms with E-state index < -0.39 is 0 Å². The van der Waals surface area contributed by atoms with Gasteiger partial charge in [-0.1, -0.05) is 32.8 Å². The van der Waals surface area contributed by atoms with Crippen molar-refractivity contribution in [2.75, 3.05) is 6.54 Å². The van der Waals surface area contributed by atoms with Crippen LogP contribution in [0, 0.1) is 0 Å². The first-order chi connectivity index (χ1) is 12.7. The van der Waals surface area contributed by atoms with Crippen LogP contribution in [0.1, 0.15) is 55.0 Å². The third-order valence-corrected chi connectivity index (χ3v) is 5.27. The Balaban J connectivity index is 1.89. The third kappa shape index (κ3) is 4.12. The van der Waals surface area contributed by atoms with Gasteiger partial charge in [-0.25, -0.2) is 9.97 Å². The minimum atomic E-state index is 0.0965. The highest BCUT2D eigenvalue weighted by molar-refractivity contribution is 7.12. The molecule has 0 saturated heterocycles. The van der Waals surface area contributed by atoms with Crippen molar-refractivity contribution < 1.29 is 4.79 Å². The van der Waals surface area contributed by atoms with Gasteiger partial charge in [0.05, 0.1) is 11.4 Å². The van der Waals surface area contributed by atoms with Crippen molar-refractivity contribution >= 4 is 28.4 Å². The number of nitrogens with zero attached hydrogens (tertiary/aromatic N) is 4. The lowest BCUT2D eigenvalue weighted by Gasteiger charge is -2.22. The van der Waals surface area contributed by atoms with Crippen LogP contribution in [0.2, 0.25) is 0 Å². The molecule has 0 aromatic carbocycles. The highest BCUT2D eigenvalue weighted by Crippen LogP contribution is 2.19. The van der Waals surface area contributed by atoms with E-state index in [-0.39, 0.29) is 5.91 Å². The SMILES string of the molecule is CCCCCN(Cc1nc2cccnc2n1CCC)C(=O)c1cccs1. The molecule has 0 spiro atoms. The van der Waals surface area contributed by atoms with E-state index in [0.29, 0.717) is 6.54 Å². The first kappa shape index (κ1) is 18.6. The summed E-state index contributed by atoms with van der Waals surface area (Å²) in [7, 11) is 0. The van der Waals surface area contributed by atoms with Gasteiger partial charge in [0.1, 0.15) is 11.3 Å². The summed E-state index contributed by atoms with van der Waals surface area (Å²) in [6.45, 7) is 6.47. The standard InChI is InChI=1S/C20H26N4OS/c1-3-5-6-13-23(20(25)17-10-8-14-26-17)15-18-22-16-9-7-11-21-19(16)24(18)12-4-2/h7-11,14H,3-6,12-13,15H2,1-2H3. The Morgan fingerprint density at radius 1 is 1.19 bits per heavy atom. The van der Waals surface area contributed by atoms with Gasteiger partial charge in [0.15, 0.2) is 5.65 Å². The van der Waals surface area contributed by atoms with E-state index in [2.05, 4.69) is 23.4 Å². The Morgan fingerprint density at radius 2 is 2.08 bits per heavy atom. The number of unbranched alkanes of at least 4 members (excludes halogenated alkanes) is 2. The summed E-state index contributed by atoms with van der Waals surface area (Å²) in [5.41, 5.74) is 1.80. The van der Waals surface area contributed by atoms with Crippen molar-refractivity contribution in [2.24, 2.45) is 0 Å². The van der Waals surface area contributed by atoms with Crippen LogP contribution in [-0.2, 0) is 13.1 Å². The van der Waals surface area contributed by atoms with Gasteiger partial charge in [-0.3, -0.25) is 4.79 Å². The molecule has 3 aromatic rings. The quantitative estimate of drug-likeness (QED) is 0.511. The Bertz CT molecular complexity index is 841. The van der Waals surface area contributed by atoms with Gasteiger partial charge in [0, 0.05) is 19.3 Å². The number of carbonyl (C=O) groups excluding carboxylic acids is 1. The monoisotopic (exact) mass is 370 g/mol. The number of aromatic nitrogens is 3. The fraction of sp³-hybridized carbons (Fsp3) is 0.450. The maximum absolute atomic E-state index is 13.0. The zero-order valence-electron chi connectivity index (χ0n) is 15.5. The second-order valence-electron chi connectivity index (χ2n) is 6.44. The predicted octanol–water partition coefficient (Wildman–Crippen LogP) is 4.74. The minimum absolute atomic E-state index is 0.0965. The number of hydrogen-bond donors (Lipinski definition) is 0. The van der Waals surface area contributed by atoms with Crippen molar-refractivity contribution in [1.82, 2.24) is 19.4 Å². The molecular formula is C20H26N4OS. The Morgan fingerprint density at radius 3 is 2.81 bits per heavy atom. The fourth-order valence-corrected chi connectivity index (χ4v) is 3.81. The largest absolute Gasteiger partial charge is 0.330 e. The van der Waals surface area contributed by atoms with Crippen molar-refractivity contribution in [3.63, 3.8) is 0 Å². The normalized spacial score (nSPS) is 11.2. The maximum Gasteiger partial charge on any atom is 0.264 e. The molecule has 5 nitrogen and oxygen atoms in total. The molecule has 6 heteroatoms. The molecule has 138 valence electrons. The summed E-state index contributed by atoms with van der Waals surface area (Å²) < 4.78 is 2.16. The number of hydrogen-bond acceptors (Lipinski definition) is 4. The number of amides is 1. The maximum atomic E-state index is 13.0. The molecule has 26 heavy (non-hydrogen) atoms. The number of rotatable bonds is 9. The first-order valence-corrected chi connectivity index (χ1v) is 10.3. The van der Waals surface area contributed by atoms with Crippen LogP contribution in [0.25, 0.3) is 11.2 Å². The number of carbonyl (C=O) groups is 1. The molecule has 0 fully saturated rings. The first-order valence-electron chi connectivity index (χ1n) is 9.37. The Kier molecular flexibility index (Phi) is 6.39. The average molecular weight is 371 g/mol. The van der Waals surface area contributed by atoms with Gasteiger partial charge in [0.2, 0.25) is 0 Å².